The Morgan fingerprint density at radius 2 is 1.90 bits per heavy atom. The molecule has 5 nitrogen and oxygen atoms in total. The molecule has 0 unspecified atom stereocenters. The molecular weight excluding hydrogens is 286 g/mol. The molecule has 0 N–H and O–H groups in total. The van der Waals surface area contributed by atoms with Crippen molar-refractivity contribution in [1.29, 1.82) is 0 Å². The van der Waals surface area contributed by atoms with E-state index < -0.39 is 10.0 Å². The van der Waals surface area contributed by atoms with E-state index in [9.17, 15) is 8.42 Å². The number of rotatable bonds is 5. The van der Waals surface area contributed by atoms with Crippen molar-refractivity contribution in [2.75, 3.05) is 18.8 Å². The maximum Gasteiger partial charge on any atom is 0.214 e. The summed E-state index contributed by atoms with van der Waals surface area (Å²) < 4.78 is 29.0. The van der Waals surface area contributed by atoms with E-state index in [1.165, 1.54) is 0 Å². The quantitative estimate of drug-likeness (QED) is 0.839. The average molecular weight is 313 g/mol. The maximum atomic E-state index is 12.6. The van der Waals surface area contributed by atoms with Crippen LogP contribution in [0.5, 0.6) is 0 Å². The van der Waals surface area contributed by atoms with Gasteiger partial charge in [-0.05, 0) is 24.2 Å². The standard InChI is InChI=1S/C15H27N3O2S/c1-13(2)15(3,4)11-21(19,20)18-8-5-14(6-9-18)17-10-7-16-12-17/h7,10,12-14H,5-6,8-9,11H2,1-4H3. The van der Waals surface area contributed by atoms with E-state index >= 15 is 0 Å². The van der Waals surface area contributed by atoms with Gasteiger partial charge in [-0.3, -0.25) is 0 Å². The molecule has 0 saturated carbocycles. The van der Waals surface area contributed by atoms with Gasteiger partial charge in [0.15, 0.2) is 0 Å². The highest BCUT2D eigenvalue weighted by molar-refractivity contribution is 7.89. The minimum Gasteiger partial charge on any atom is -0.334 e. The first-order chi connectivity index (χ1) is 9.72. The first kappa shape index (κ1) is 16.5. The lowest BCUT2D eigenvalue weighted by Crippen LogP contribution is -2.43. The van der Waals surface area contributed by atoms with Gasteiger partial charge in [0, 0.05) is 31.5 Å². The molecule has 0 atom stereocenters. The zero-order valence-electron chi connectivity index (χ0n) is 13.5. The number of hydrogen-bond acceptors (Lipinski definition) is 3. The Kier molecular flexibility index (Phi) is 4.78. The van der Waals surface area contributed by atoms with Crippen LogP contribution >= 0.6 is 0 Å². The highest BCUT2D eigenvalue weighted by atomic mass is 32.2. The minimum absolute atomic E-state index is 0.194. The predicted molar refractivity (Wildman–Crippen MR) is 84.5 cm³/mol. The lowest BCUT2D eigenvalue weighted by Gasteiger charge is -2.35. The Bertz CT molecular complexity index is 541. The topological polar surface area (TPSA) is 55.2 Å². The average Bonchev–Trinajstić information content (AvgIpc) is 2.91. The van der Waals surface area contributed by atoms with Crippen molar-refractivity contribution in [1.82, 2.24) is 13.9 Å². The molecule has 1 aromatic rings. The number of hydrogen-bond donors (Lipinski definition) is 0. The third kappa shape index (κ3) is 3.86. The summed E-state index contributed by atoms with van der Waals surface area (Å²) in [5, 5.41) is 0. The van der Waals surface area contributed by atoms with Gasteiger partial charge < -0.3 is 4.57 Å². The molecule has 1 fully saturated rings. The summed E-state index contributed by atoms with van der Waals surface area (Å²) in [6.07, 6.45) is 7.26. The molecule has 0 spiro atoms. The SMILES string of the molecule is CC(C)C(C)(C)CS(=O)(=O)N1CCC(n2ccnc2)CC1. The van der Waals surface area contributed by atoms with Crippen LogP contribution in [0.1, 0.15) is 46.6 Å². The molecule has 2 heterocycles. The molecule has 0 amide bonds. The Balaban J connectivity index is 1.98. The largest absolute Gasteiger partial charge is 0.334 e. The normalized spacial score (nSPS) is 19.3. The summed E-state index contributed by atoms with van der Waals surface area (Å²) in [7, 11) is -3.17. The molecule has 0 bridgehead atoms. The highest BCUT2D eigenvalue weighted by Crippen LogP contribution is 2.31. The van der Waals surface area contributed by atoms with E-state index in [4.69, 9.17) is 0 Å². The lowest BCUT2D eigenvalue weighted by molar-refractivity contribution is 0.254. The second kappa shape index (κ2) is 6.08. The second-order valence-electron chi connectivity index (χ2n) is 7.04. The molecule has 120 valence electrons. The fourth-order valence-corrected chi connectivity index (χ4v) is 4.86. The summed E-state index contributed by atoms with van der Waals surface area (Å²) in [4.78, 5) is 4.06. The first-order valence-electron chi connectivity index (χ1n) is 7.67. The van der Waals surface area contributed by atoms with Crippen LogP contribution in [0.15, 0.2) is 18.7 Å². The molecule has 2 rings (SSSR count). The summed E-state index contributed by atoms with van der Waals surface area (Å²) in [5.41, 5.74) is -0.194. The number of imidazole rings is 1. The lowest BCUT2D eigenvalue weighted by atomic mass is 9.83. The van der Waals surface area contributed by atoms with Crippen LogP contribution in [0.3, 0.4) is 0 Å². The van der Waals surface area contributed by atoms with E-state index in [0.29, 0.717) is 25.0 Å². The molecule has 1 aromatic heterocycles. The molecule has 0 aliphatic carbocycles. The van der Waals surface area contributed by atoms with E-state index in [2.05, 4.69) is 23.4 Å². The van der Waals surface area contributed by atoms with Crippen LogP contribution in [0.4, 0.5) is 0 Å². The van der Waals surface area contributed by atoms with Crippen LogP contribution in [0, 0.1) is 11.3 Å². The molecule has 1 saturated heterocycles. The Labute approximate surface area is 128 Å². The monoisotopic (exact) mass is 313 g/mol. The van der Waals surface area contributed by atoms with Gasteiger partial charge in [0.05, 0.1) is 12.1 Å². The smallest absolute Gasteiger partial charge is 0.214 e. The highest BCUT2D eigenvalue weighted by Gasteiger charge is 2.35. The van der Waals surface area contributed by atoms with Crippen molar-refractivity contribution < 1.29 is 8.42 Å². The summed E-state index contributed by atoms with van der Waals surface area (Å²) in [6, 6.07) is 0.372. The van der Waals surface area contributed by atoms with Crippen LogP contribution < -0.4 is 0 Å². The van der Waals surface area contributed by atoms with E-state index in [1.54, 1.807) is 10.5 Å². The first-order valence-corrected chi connectivity index (χ1v) is 9.28. The van der Waals surface area contributed by atoms with Crippen molar-refractivity contribution in [3.05, 3.63) is 18.7 Å². The number of nitrogens with zero attached hydrogens (tertiary/aromatic N) is 3. The minimum atomic E-state index is -3.17. The number of aromatic nitrogens is 2. The fraction of sp³-hybridized carbons (Fsp3) is 0.800. The van der Waals surface area contributed by atoms with Crippen LogP contribution in [-0.4, -0.2) is 41.1 Å². The third-order valence-corrected chi connectivity index (χ3v) is 7.14. The zero-order valence-corrected chi connectivity index (χ0v) is 14.3. The number of piperidine rings is 1. The summed E-state index contributed by atoms with van der Waals surface area (Å²) in [5.74, 6) is 0.573. The van der Waals surface area contributed by atoms with Gasteiger partial charge in [0.2, 0.25) is 10.0 Å². The predicted octanol–water partition coefficient (Wildman–Crippen LogP) is 2.53. The molecule has 6 heteroatoms. The molecule has 0 radical (unpaired) electrons. The van der Waals surface area contributed by atoms with Gasteiger partial charge in [-0.1, -0.05) is 27.7 Å². The van der Waals surface area contributed by atoms with Crippen molar-refractivity contribution in [3.8, 4) is 0 Å². The Hall–Kier alpha value is -0.880. The van der Waals surface area contributed by atoms with E-state index in [0.717, 1.165) is 12.8 Å². The van der Waals surface area contributed by atoms with E-state index in [-0.39, 0.29) is 11.2 Å². The second-order valence-corrected chi connectivity index (χ2v) is 9.01. The molecule has 1 aliphatic rings. The van der Waals surface area contributed by atoms with Crippen molar-refractivity contribution in [2.24, 2.45) is 11.3 Å². The Morgan fingerprint density at radius 3 is 2.38 bits per heavy atom. The van der Waals surface area contributed by atoms with Gasteiger partial charge in [-0.15, -0.1) is 0 Å². The van der Waals surface area contributed by atoms with Gasteiger partial charge in [-0.2, -0.15) is 0 Å². The maximum absolute atomic E-state index is 12.6. The zero-order chi connectivity index (χ0) is 15.7. The molecule has 0 aromatic carbocycles. The van der Waals surface area contributed by atoms with Crippen LogP contribution in [0.25, 0.3) is 0 Å². The van der Waals surface area contributed by atoms with Gasteiger partial charge in [0.1, 0.15) is 0 Å². The number of sulfonamides is 1. The summed E-state index contributed by atoms with van der Waals surface area (Å²) in [6.45, 7) is 9.46. The van der Waals surface area contributed by atoms with Crippen molar-refractivity contribution in [2.45, 2.75) is 46.6 Å². The molecule has 1 aliphatic heterocycles. The molecule has 21 heavy (non-hydrogen) atoms. The van der Waals surface area contributed by atoms with Crippen molar-refractivity contribution in [3.63, 3.8) is 0 Å². The van der Waals surface area contributed by atoms with Crippen molar-refractivity contribution >= 4 is 10.0 Å². The Morgan fingerprint density at radius 1 is 1.29 bits per heavy atom. The third-order valence-electron chi connectivity index (χ3n) is 4.88. The van der Waals surface area contributed by atoms with Crippen LogP contribution in [-0.2, 0) is 10.0 Å². The van der Waals surface area contributed by atoms with Gasteiger partial charge in [-0.25, -0.2) is 17.7 Å². The van der Waals surface area contributed by atoms with Crippen LogP contribution in [0.2, 0.25) is 0 Å². The van der Waals surface area contributed by atoms with Gasteiger partial charge in [0.25, 0.3) is 0 Å². The van der Waals surface area contributed by atoms with E-state index in [1.807, 2.05) is 26.4 Å². The fourth-order valence-electron chi connectivity index (χ4n) is 2.63. The molecular formula is C15H27N3O2S. The van der Waals surface area contributed by atoms with Gasteiger partial charge >= 0.3 is 0 Å². The summed E-state index contributed by atoms with van der Waals surface area (Å²) >= 11 is 0.